The number of nitrogens with one attached hydrogen (secondary N) is 3. The third-order valence-electron chi connectivity index (χ3n) is 5.83. The minimum absolute atomic E-state index is 0.0642. The van der Waals surface area contributed by atoms with Crippen molar-refractivity contribution >= 4 is 34.8 Å². The maximum absolute atomic E-state index is 13.3. The van der Waals surface area contributed by atoms with Gasteiger partial charge in [0.2, 0.25) is 23.5 Å². The number of rotatable bonds is 11. The molecule has 11 heteroatoms. The second kappa shape index (κ2) is 12.5. The number of hydrogen-bond acceptors (Lipinski definition) is 6. The second-order valence-corrected chi connectivity index (χ2v) is 9.34. The maximum atomic E-state index is 13.3. The fourth-order valence-electron chi connectivity index (χ4n) is 3.86. The number of halogens is 2. The summed E-state index contributed by atoms with van der Waals surface area (Å²) in [5, 5.41) is 9.26. The van der Waals surface area contributed by atoms with Crippen LogP contribution < -0.4 is 16.0 Å². The van der Waals surface area contributed by atoms with Gasteiger partial charge in [-0.1, -0.05) is 30.3 Å². The molecule has 8 nitrogen and oxygen atoms in total. The third-order valence-corrected chi connectivity index (χ3v) is 6.46. The molecule has 1 aromatic carbocycles. The molecule has 188 valence electrons. The monoisotopic (exact) mass is 506 g/mol. The lowest BCUT2D eigenvalue weighted by atomic mass is 9.84. The molecule has 0 radical (unpaired) electrons. The fourth-order valence-corrected chi connectivity index (χ4v) is 4.42. The molecule has 1 aliphatic carbocycles. The van der Waals surface area contributed by atoms with E-state index in [4.69, 9.17) is 0 Å². The summed E-state index contributed by atoms with van der Waals surface area (Å²) < 4.78 is 26.6. The van der Waals surface area contributed by atoms with E-state index in [1.165, 1.54) is 11.3 Å². The molecule has 1 aliphatic rings. The van der Waals surface area contributed by atoms with Gasteiger partial charge in [-0.2, -0.15) is 0 Å². The Morgan fingerprint density at radius 3 is 2.43 bits per heavy atom. The zero-order valence-corrected chi connectivity index (χ0v) is 19.9. The van der Waals surface area contributed by atoms with Crippen molar-refractivity contribution in [3.8, 4) is 0 Å². The number of Topliss-reactive ketones (excluding diaryl/α,β-unsaturated/α-hetero) is 1. The number of hydrogen-bond donors (Lipinski definition) is 3. The highest BCUT2D eigenvalue weighted by Gasteiger charge is 2.35. The first kappa shape index (κ1) is 26.4. The van der Waals surface area contributed by atoms with Gasteiger partial charge in [-0.05, 0) is 24.3 Å². The van der Waals surface area contributed by atoms with Gasteiger partial charge in [-0.15, -0.1) is 11.3 Å². The van der Waals surface area contributed by atoms with Gasteiger partial charge in [0.25, 0.3) is 5.91 Å². The molecular weight excluding hydrogens is 478 g/mol. The van der Waals surface area contributed by atoms with E-state index < -0.39 is 35.5 Å². The average molecular weight is 507 g/mol. The maximum Gasteiger partial charge on any atom is 0.289 e. The normalized spacial score (nSPS) is 16.2. The number of carbonyl (C=O) groups is 4. The van der Waals surface area contributed by atoms with Gasteiger partial charge in [0, 0.05) is 31.1 Å². The van der Waals surface area contributed by atoms with Crippen LogP contribution in [0, 0.1) is 5.92 Å². The van der Waals surface area contributed by atoms with Crippen molar-refractivity contribution in [1.29, 1.82) is 0 Å². The van der Waals surface area contributed by atoms with Crippen LogP contribution in [0.3, 0.4) is 0 Å². The molecular formula is C24H28F2N4O4S. The molecule has 0 unspecified atom stereocenters. The lowest BCUT2D eigenvalue weighted by Gasteiger charge is -2.27. The van der Waals surface area contributed by atoms with Crippen LogP contribution >= 0.6 is 11.3 Å². The van der Waals surface area contributed by atoms with E-state index in [0.717, 1.165) is 5.56 Å². The molecule has 3 amide bonds. The molecule has 1 heterocycles. The van der Waals surface area contributed by atoms with Gasteiger partial charge in [0.1, 0.15) is 6.04 Å². The number of carbonyl (C=O) groups excluding carboxylic acids is 4. The minimum Gasteiger partial charge on any atom is -0.347 e. The van der Waals surface area contributed by atoms with Crippen molar-refractivity contribution in [2.45, 2.75) is 57.0 Å². The van der Waals surface area contributed by atoms with Gasteiger partial charge in [-0.25, -0.2) is 13.8 Å². The molecule has 0 aliphatic heterocycles. The summed E-state index contributed by atoms with van der Waals surface area (Å²) in [6, 6.07) is 7.79. The van der Waals surface area contributed by atoms with E-state index in [0.29, 0.717) is 5.69 Å². The largest absolute Gasteiger partial charge is 0.347 e. The van der Waals surface area contributed by atoms with Crippen LogP contribution in [-0.4, -0.2) is 47.0 Å². The van der Waals surface area contributed by atoms with E-state index in [2.05, 4.69) is 20.9 Å². The zero-order chi connectivity index (χ0) is 25.3. The molecule has 1 atom stereocenters. The first-order valence-electron chi connectivity index (χ1n) is 11.4. The Morgan fingerprint density at radius 2 is 1.77 bits per heavy atom. The second-order valence-electron chi connectivity index (χ2n) is 8.62. The third kappa shape index (κ3) is 8.82. The predicted octanol–water partition coefficient (Wildman–Crippen LogP) is 2.39. The summed E-state index contributed by atoms with van der Waals surface area (Å²) in [6.07, 6.45) is 0.208. The summed E-state index contributed by atoms with van der Waals surface area (Å²) in [5.41, 5.74) is 2.97. The summed E-state index contributed by atoms with van der Waals surface area (Å²) in [7, 11) is 0. The Morgan fingerprint density at radius 1 is 1.06 bits per heavy atom. The van der Waals surface area contributed by atoms with Crippen LogP contribution in [0.1, 0.15) is 43.4 Å². The quantitative estimate of drug-likeness (QED) is 0.405. The molecule has 0 saturated heterocycles. The SMILES string of the molecule is O=C(CC1CCC(F)(F)CC1)NCC(=O)N[C@H](Cc1ccccc1)C(=O)C(=O)NCc1cscn1. The highest BCUT2D eigenvalue weighted by molar-refractivity contribution is 7.07. The fraction of sp³-hybridized carbons (Fsp3) is 0.458. The van der Waals surface area contributed by atoms with E-state index >= 15 is 0 Å². The molecule has 3 N–H and O–H groups in total. The molecule has 0 bridgehead atoms. The lowest BCUT2D eigenvalue weighted by molar-refractivity contribution is -0.140. The number of nitrogens with zero attached hydrogens (tertiary/aromatic N) is 1. The smallest absolute Gasteiger partial charge is 0.289 e. The molecule has 35 heavy (non-hydrogen) atoms. The lowest BCUT2D eigenvalue weighted by Crippen LogP contribution is -2.51. The van der Waals surface area contributed by atoms with Gasteiger partial charge < -0.3 is 16.0 Å². The molecule has 1 saturated carbocycles. The van der Waals surface area contributed by atoms with Gasteiger partial charge >= 0.3 is 0 Å². The van der Waals surface area contributed by atoms with Gasteiger partial charge in [0.15, 0.2) is 0 Å². The van der Waals surface area contributed by atoms with Crippen molar-refractivity contribution in [1.82, 2.24) is 20.9 Å². The number of benzene rings is 1. The summed E-state index contributed by atoms with van der Waals surface area (Å²) in [4.78, 5) is 53.9. The number of aromatic nitrogens is 1. The Labute approximate surface area is 205 Å². The van der Waals surface area contributed by atoms with E-state index in [9.17, 15) is 28.0 Å². The van der Waals surface area contributed by atoms with Gasteiger partial charge in [-0.3, -0.25) is 19.2 Å². The number of alkyl halides is 2. The molecule has 0 spiro atoms. The summed E-state index contributed by atoms with van der Waals surface area (Å²) in [5.74, 6) is -5.52. The predicted molar refractivity (Wildman–Crippen MR) is 126 cm³/mol. The van der Waals surface area contributed by atoms with E-state index in [1.54, 1.807) is 35.2 Å². The molecule has 1 aromatic heterocycles. The topological polar surface area (TPSA) is 117 Å². The van der Waals surface area contributed by atoms with Crippen LogP contribution in [0.25, 0.3) is 0 Å². The van der Waals surface area contributed by atoms with Crippen molar-refractivity contribution in [2.24, 2.45) is 5.92 Å². The Kier molecular flexibility index (Phi) is 9.41. The standard InChI is InChI=1S/C24H28F2N4O4S/c25-24(26)8-6-17(7-9-24)11-20(31)27-13-21(32)30-19(10-16-4-2-1-3-5-16)22(33)23(34)28-12-18-14-35-15-29-18/h1-5,14-15,17,19H,6-13H2,(H,27,31)(H,28,34)(H,30,32)/t19-/m1/s1. The highest BCUT2D eigenvalue weighted by atomic mass is 32.1. The summed E-state index contributed by atoms with van der Waals surface area (Å²) in [6.45, 7) is -0.302. The first-order chi connectivity index (χ1) is 16.7. The van der Waals surface area contributed by atoms with Crippen molar-refractivity contribution in [3.63, 3.8) is 0 Å². The Bertz CT molecular complexity index is 1010. The number of amides is 3. The highest BCUT2D eigenvalue weighted by Crippen LogP contribution is 2.37. The van der Waals surface area contributed by atoms with Crippen LogP contribution in [0.2, 0.25) is 0 Å². The van der Waals surface area contributed by atoms with Crippen molar-refractivity contribution in [2.75, 3.05) is 6.54 Å². The van der Waals surface area contributed by atoms with Crippen LogP contribution in [0.4, 0.5) is 8.78 Å². The molecule has 1 fully saturated rings. The van der Waals surface area contributed by atoms with Crippen LogP contribution in [0.15, 0.2) is 41.2 Å². The van der Waals surface area contributed by atoms with Crippen molar-refractivity contribution in [3.05, 3.63) is 52.5 Å². The van der Waals surface area contributed by atoms with E-state index in [-0.39, 0.29) is 57.5 Å². The van der Waals surface area contributed by atoms with Crippen LogP contribution in [-0.2, 0) is 32.1 Å². The van der Waals surface area contributed by atoms with Crippen molar-refractivity contribution < 1.29 is 28.0 Å². The Hall–Kier alpha value is -3.21. The van der Waals surface area contributed by atoms with Crippen LogP contribution in [0.5, 0.6) is 0 Å². The zero-order valence-electron chi connectivity index (χ0n) is 19.1. The minimum atomic E-state index is -2.67. The summed E-state index contributed by atoms with van der Waals surface area (Å²) >= 11 is 1.36. The van der Waals surface area contributed by atoms with E-state index in [1.807, 2.05) is 6.07 Å². The first-order valence-corrected chi connectivity index (χ1v) is 12.3. The molecule has 2 aromatic rings. The molecule has 3 rings (SSSR count). The number of thiazole rings is 1. The number of ketones is 1. The van der Waals surface area contributed by atoms with Gasteiger partial charge in [0.05, 0.1) is 24.3 Å². The average Bonchev–Trinajstić information content (AvgIpc) is 3.36. The Balaban J connectivity index is 1.51.